The van der Waals surface area contributed by atoms with Crippen LogP contribution in [0.5, 0.6) is 0 Å². The van der Waals surface area contributed by atoms with E-state index in [0.717, 1.165) is 16.0 Å². The molecule has 0 aliphatic heterocycles. The van der Waals surface area contributed by atoms with Crippen LogP contribution in [0.15, 0.2) is 35.1 Å². The predicted molar refractivity (Wildman–Crippen MR) is 77.4 cm³/mol. The highest BCUT2D eigenvalue weighted by atomic mass is 32.1. The molecule has 0 unspecified atom stereocenters. The molecule has 0 spiro atoms. The third kappa shape index (κ3) is 1.90. The van der Waals surface area contributed by atoms with Gasteiger partial charge in [0.05, 0.1) is 5.39 Å². The Bertz CT molecular complexity index is 865. The van der Waals surface area contributed by atoms with Gasteiger partial charge in [-0.3, -0.25) is 4.79 Å². The van der Waals surface area contributed by atoms with Gasteiger partial charge in [-0.1, -0.05) is 30.3 Å². The van der Waals surface area contributed by atoms with Crippen molar-refractivity contribution < 1.29 is 9.90 Å². The Kier molecular flexibility index (Phi) is 2.87. The number of carboxylic acids is 1. The molecule has 0 amide bonds. The van der Waals surface area contributed by atoms with E-state index in [4.69, 9.17) is 5.11 Å². The average Bonchev–Trinajstić information content (AvgIpc) is 2.76. The number of aryl methyl sites for hydroxylation is 1. The van der Waals surface area contributed by atoms with Gasteiger partial charge in [0, 0.05) is 10.4 Å². The first-order chi connectivity index (χ1) is 9.58. The summed E-state index contributed by atoms with van der Waals surface area (Å²) in [7, 11) is 0. The first kappa shape index (κ1) is 12.6. The van der Waals surface area contributed by atoms with Crippen molar-refractivity contribution in [1.82, 2.24) is 9.97 Å². The number of rotatable bonds is 2. The highest BCUT2D eigenvalue weighted by molar-refractivity contribution is 7.19. The number of benzene rings is 1. The topological polar surface area (TPSA) is 83.0 Å². The summed E-state index contributed by atoms with van der Waals surface area (Å²) in [6.45, 7) is 1.90. The number of aromatic carboxylic acids is 1. The molecule has 0 radical (unpaired) electrons. The van der Waals surface area contributed by atoms with Crippen LogP contribution in [0, 0.1) is 6.92 Å². The second-order valence-corrected chi connectivity index (χ2v) is 5.50. The van der Waals surface area contributed by atoms with Crippen LogP contribution < -0.4 is 5.56 Å². The van der Waals surface area contributed by atoms with E-state index in [1.807, 2.05) is 37.3 Å². The van der Waals surface area contributed by atoms with Crippen molar-refractivity contribution in [2.75, 3.05) is 0 Å². The molecular weight excluding hydrogens is 276 g/mol. The number of fused-ring (bicyclic) bond motifs is 1. The van der Waals surface area contributed by atoms with Crippen molar-refractivity contribution in [3.63, 3.8) is 0 Å². The standard InChI is InChI=1S/C14H10N2O3S/c1-7-9(8-5-3-2-4-6-8)10-12(17)15-11(14(18)19)16-13(10)20-7/h2-6H,1H3,(H,18,19)(H,15,16,17). The molecule has 100 valence electrons. The number of aromatic amines is 1. The lowest BCUT2D eigenvalue weighted by Crippen LogP contribution is -2.15. The largest absolute Gasteiger partial charge is 0.475 e. The van der Waals surface area contributed by atoms with Crippen molar-refractivity contribution in [3.8, 4) is 11.1 Å². The lowest BCUT2D eigenvalue weighted by atomic mass is 10.0. The molecule has 0 bridgehead atoms. The molecule has 0 aliphatic rings. The molecule has 0 atom stereocenters. The zero-order chi connectivity index (χ0) is 14.3. The number of nitrogens with one attached hydrogen (secondary N) is 1. The minimum Gasteiger partial charge on any atom is -0.475 e. The highest BCUT2D eigenvalue weighted by Gasteiger charge is 2.18. The van der Waals surface area contributed by atoms with Crippen molar-refractivity contribution in [2.24, 2.45) is 0 Å². The third-order valence-electron chi connectivity index (χ3n) is 3.00. The Morgan fingerprint density at radius 3 is 2.65 bits per heavy atom. The van der Waals surface area contributed by atoms with Gasteiger partial charge in [-0.15, -0.1) is 11.3 Å². The smallest absolute Gasteiger partial charge is 0.372 e. The molecule has 0 saturated heterocycles. The number of carbonyl (C=O) groups is 1. The van der Waals surface area contributed by atoms with E-state index in [0.29, 0.717) is 10.2 Å². The van der Waals surface area contributed by atoms with Gasteiger partial charge in [-0.2, -0.15) is 0 Å². The molecule has 2 heterocycles. The minimum absolute atomic E-state index is 0.330. The molecular formula is C14H10N2O3S. The van der Waals surface area contributed by atoms with Gasteiger partial charge in [0.15, 0.2) is 0 Å². The highest BCUT2D eigenvalue weighted by Crippen LogP contribution is 2.35. The lowest BCUT2D eigenvalue weighted by Gasteiger charge is -2.01. The fraction of sp³-hybridized carbons (Fsp3) is 0.0714. The Hall–Kier alpha value is -2.47. The number of thiophene rings is 1. The van der Waals surface area contributed by atoms with Crippen molar-refractivity contribution >= 4 is 27.5 Å². The molecule has 1 aromatic carbocycles. The molecule has 3 aromatic rings. The number of nitrogens with zero attached hydrogens (tertiary/aromatic N) is 1. The molecule has 2 aromatic heterocycles. The van der Waals surface area contributed by atoms with E-state index in [-0.39, 0.29) is 5.82 Å². The molecule has 0 fully saturated rings. The predicted octanol–water partition coefficient (Wildman–Crippen LogP) is 2.66. The monoisotopic (exact) mass is 286 g/mol. The molecule has 2 N–H and O–H groups in total. The van der Waals surface area contributed by atoms with Gasteiger partial charge in [-0.25, -0.2) is 9.78 Å². The number of hydrogen-bond donors (Lipinski definition) is 2. The zero-order valence-electron chi connectivity index (χ0n) is 10.5. The summed E-state index contributed by atoms with van der Waals surface area (Å²) in [5.41, 5.74) is 1.32. The molecule has 6 heteroatoms. The van der Waals surface area contributed by atoms with Crippen molar-refractivity contribution in [1.29, 1.82) is 0 Å². The maximum Gasteiger partial charge on any atom is 0.372 e. The summed E-state index contributed by atoms with van der Waals surface area (Å²) in [4.78, 5) is 30.8. The first-order valence-electron chi connectivity index (χ1n) is 5.90. The SMILES string of the molecule is Cc1sc2nc(C(=O)O)[nH]c(=O)c2c1-c1ccccc1. The Morgan fingerprint density at radius 1 is 1.30 bits per heavy atom. The average molecular weight is 286 g/mol. The lowest BCUT2D eigenvalue weighted by molar-refractivity contribution is 0.0683. The van der Waals surface area contributed by atoms with Crippen LogP contribution in [0.1, 0.15) is 15.5 Å². The second kappa shape index (κ2) is 4.57. The number of H-pyrrole nitrogens is 1. The van der Waals surface area contributed by atoms with Gasteiger partial charge in [0.25, 0.3) is 5.56 Å². The van der Waals surface area contributed by atoms with Gasteiger partial charge < -0.3 is 10.1 Å². The van der Waals surface area contributed by atoms with Gasteiger partial charge in [-0.05, 0) is 12.5 Å². The van der Waals surface area contributed by atoms with Crippen LogP contribution in [0.4, 0.5) is 0 Å². The second-order valence-electron chi connectivity index (χ2n) is 4.30. The summed E-state index contributed by atoms with van der Waals surface area (Å²) >= 11 is 1.32. The summed E-state index contributed by atoms with van der Waals surface area (Å²) in [6, 6.07) is 9.52. The van der Waals surface area contributed by atoms with Crippen molar-refractivity contribution in [2.45, 2.75) is 6.92 Å². The molecule has 3 rings (SSSR count). The van der Waals surface area contributed by atoms with Crippen LogP contribution in [0.3, 0.4) is 0 Å². The van der Waals surface area contributed by atoms with Crippen LogP contribution in [0.25, 0.3) is 21.3 Å². The van der Waals surface area contributed by atoms with E-state index in [9.17, 15) is 9.59 Å². The third-order valence-corrected chi connectivity index (χ3v) is 4.00. The van der Waals surface area contributed by atoms with E-state index in [1.165, 1.54) is 11.3 Å². The van der Waals surface area contributed by atoms with Gasteiger partial charge in [0.2, 0.25) is 5.82 Å². The van der Waals surface area contributed by atoms with Crippen molar-refractivity contribution in [3.05, 3.63) is 51.4 Å². The van der Waals surface area contributed by atoms with E-state index in [2.05, 4.69) is 9.97 Å². The molecule has 0 saturated carbocycles. The number of carboxylic acid groups (broad SMARTS) is 1. The normalized spacial score (nSPS) is 10.8. The first-order valence-corrected chi connectivity index (χ1v) is 6.71. The Morgan fingerprint density at radius 2 is 2.00 bits per heavy atom. The summed E-state index contributed by atoms with van der Waals surface area (Å²) < 4.78 is 0. The fourth-order valence-corrected chi connectivity index (χ4v) is 3.22. The van der Waals surface area contributed by atoms with Gasteiger partial charge in [0.1, 0.15) is 4.83 Å². The Balaban J connectivity index is 2.38. The fourth-order valence-electron chi connectivity index (χ4n) is 2.17. The van der Waals surface area contributed by atoms with E-state index < -0.39 is 11.5 Å². The van der Waals surface area contributed by atoms with Crippen LogP contribution in [-0.2, 0) is 0 Å². The van der Waals surface area contributed by atoms with Crippen LogP contribution in [0.2, 0.25) is 0 Å². The molecule has 20 heavy (non-hydrogen) atoms. The quantitative estimate of drug-likeness (QED) is 0.758. The summed E-state index contributed by atoms with van der Waals surface area (Å²) in [5.74, 6) is -1.57. The zero-order valence-corrected chi connectivity index (χ0v) is 11.3. The Labute approximate surface area is 117 Å². The summed E-state index contributed by atoms with van der Waals surface area (Å²) in [6.07, 6.45) is 0. The van der Waals surface area contributed by atoms with Gasteiger partial charge >= 0.3 is 5.97 Å². The van der Waals surface area contributed by atoms with Crippen LogP contribution >= 0.6 is 11.3 Å². The van der Waals surface area contributed by atoms with E-state index in [1.54, 1.807) is 0 Å². The number of hydrogen-bond acceptors (Lipinski definition) is 4. The summed E-state index contributed by atoms with van der Waals surface area (Å²) in [5, 5.41) is 9.38. The van der Waals surface area contributed by atoms with Crippen LogP contribution in [-0.4, -0.2) is 21.0 Å². The number of aromatic nitrogens is 2. The molecule has 5 nitrogen and oxygen atoms in total. The van der Waals surface area contributed by atoms with E-state index >= 15 is 0 Å². The maximum atomic E-state index is 12.2. The maximum absolute atomic E-state index is 12.2. The minimum atomic E-state index is -1.24. The molecule has 0 aliphatic carbocycles.